The van der Waals surface area contributed by atoms with Crippen LogP contribution in [0, 0.1) is 11.6 Å². The molecule has 9 nitrogen and oxygen atoms in total. The molecule has 0 aliphatic carbocycles. The van der Waals surface area contributed by atoms with Crippen molar-refractivity contribution in [1.82, 2.24) is 25.9 Å². The van der Waals surface area contributed by atoms with Crippen molar-refractivity contribution < 1.29 is 23.4 Å². The largest absolute Gasteiger partial charge is 0.496 e. The van der Waals surface area contributed by atoms with E-state index in [0.29, 0.717) is 64.5 Å². The number of halogens is 4. The van der Waals surface area contributed by atoms with Crippen LogP contribution in [0.3, 0.4) is 0 Å². The minimum Gasteiger partial charge on any atom is -0.496 e. The molecule has 0 bridgehead atoms. The number of rotatable bonds is 13. The van der Waals surface area contributed by atoms with E-state index in [4.69, 9.17) is 27.9 Å². The lowest BCUT2D eigenvalue weighted by atomic mass is 10.0. The van der Waals surface area contributed by atoms with E-state index in [2.05, 4.69) is 31.2 Å². The Morgan fingerprint density at radius 2 is 1.85 bits per heavy atom. The zero-order chi connectivity index (χ0) is 32.8. The van der Waals surface area contributed by atoms with Crippen LogP contribution >= 0.6 is 23.2 Å². The molecule has 0 unspecified atom stereocenters. The van der Waals surface area contributed by atoms with E-state index < -0.39 is 17.7 Å². The van der Waals surface area contributed by atoms with Crippen LogP contribution in [-0.2, 0) is 17.9 Å². The molecule has 3 heterocycles. The van der Waals surface area contributed by atoms with E-state index in [1.54, 1.807) is 49.5 Å². The zero-order valence-electron chi connectivity index (χ0n) is 25.3. The van der Waals surface area contributed by atoms with Crippen LogP contribution in [-0.4, -0.2) is 53.3 Å². The third-order valence-electron chi connectivity index (χ3n) is 7.58. The number of amides is 1. The van der Waals surface area contributed by atoms with Gasteiger partial charge in [-0.15, -0.1) is 0 Å². The van der Waals surface area contributed by atoms with Crippen LogP contribution < -0.4 is 26.0 Å². The summed E-state index contributed by atoms with van der Waals surface area (Å²) in [5.74, 6) is -0.718. The average Bonchev–Trinajstić information content (AvgIpc) is 3.45. The number of hydrogen-bond donors (Lipinski definition) is 5. The molecule has 0 spiro atoms. The number of aliphatic hydroxyl groups is 1. The number of anilines is 2. The number of carbonyl (C=O) groups is 1. The molecule has 1 fully saturated rings. The van der Waals surface area contributed by atoms with Gasteiger partial charge in [0.1, 0.15) is 11.6 Å². The summed E-state index contributed by atoms with van der Waals surface area (Å²) in [5.41, 5.74) is 2.93. The van der Waals surface area contributed by atoms with Gasteiger partial charge in [-0.05, 0) is 43.7 Å². The van der Waals surface area contributed by atoms with Gasteiger partial charge in [0.2, 0.25) is 5.91 Å². The molecule has 0 radical (unpaired) electrons. The third kappa shape index (κ3) is 7.73. The summed E-state index contributed by atoms with van der Waals surface area (Å²) >= 11 is 13.7. The summed E-state index contributed by atoms with van der Waals surface area (Å²) in [6.07, 6.45) is 3.70. The van der Waals surface area contributed by atoms with Gasteiger partial charge in [0, 0.05) is 78.9 Å². The van der Waals surface area contributed by atoms with Gasteiger partial charge in [-0.25, -0.2) is 13.8 Å². The number of benzene rings is 2. The highest BCUT2D eigenvalue weighted by Gasteiger charge is 2.22. The van der Waals surface area contributed by atoms with Crippen LogP contribution in [0.4, 0.5) is 20.3 Å². The minimum atomic E-state index is -0.564. The first-order chi connectivity index (χ1) is 22.2. The summed E-state index contributed by atoms with van der Waals surface area (Å²) in [6, 6.07) is 11.5. The Kier molecular flexibility index (Phi) is 11.0. The number of carbonyl (C=O) groups excluding carboxylic acids is 1. The van der Waals surface area contributed by atoms with Crippen LogP contribution in [0.1, 0.15) is 30.9 Å². The molecule has 242 valence electrons. The van der Waals surface area contributed by atoms with E-state index in [-0.39, 0.29) is 40.9 Å². The molecule has 1 aliphatic heterocycles. The van der Waals surface area contributed by atoms with Gasteiger partial charge in [-0.2, -0.15) is 0 Å². The van der Waals surface area contributed by atoms with Crippen molar-refractivity contribution in [2.45, 2.75) is 45.0 Å². The Morgan fingerprint density at radius 1 is 1.07 bits per heavy atom. The molecule has 5 N–H and O–H groups in total. The number of pyridine rings is 2. The Hall–Kier alpha value is -3.87. The first-order valence-electron chi connectivity index (χ1n) is 14.8. The summed E-state index contributed by atoms with van der Waals surface area (Å²) in [6.45, 7) is 2.88. The van der Waals surface area contributed by atoms with Gasteiger partial charge in [0.05, 0.1) is 34.6 Å². The van der Waals surface area contributed by atoms with Crippen molar-refractivity contribution in [3.05, 3.63) is 87.7 Å². The first kappa shape index (κ1) is 33.5. The summed E-state index contributed by atoms with van der Waals surface area (Å²) in [7, 11) is 1.46. The number of nitrogens with zero attached hydrogens (tertiary/aromatic N) is 2. The lowest BCUT2D eigenvalue weighted by Gasteiger charge is -2.17. The van der Waals surface area contributed by atoms with Gasteiger partial charge in [-0.1, -0.05) is 35.3 Å². The lowest BCUT2D eigenvalue weighted by molar-refractivity contribution is -0.119. The van der Waals surface area contributed by atoms with Crippen molar-refractivity contribution in [3.8, 4) is 28.1 Å². The molecule has 0 saturated carbocycles. The van der Waals surface area contributed by atoms with E-state index in [1.165, 1.54) is 19.4 Å². The maximum Gasteiger partial charge on any atom is 0.220 e. The van der Waals surface area contributed by atoms with Crippen LogP contribution in [0.5, 0.6) is 5.75 Å². The monoisotopic (exact) mass is 670 g/mol. The number of aromatic nitrogens is 2. The van der Waals surface area contributed by atoms with E-state index in [9.17, 15) is 9.90 Å². The van der Waals surface area contributed by atoms with Gasteiger partial charge in [0.15, 0.2) is 11.6 Å². The molecule has 2 aromatic heterocycles. The lowest BCUT2D eigenvalue weighted by Crippen LogP contribution is -2.35. The standard InChI is InChI=1S/C33H34Cl2F2N6O3/c1-18(44)14-38-15-19-8-10-41-33(31(19)37)43-26-5-3-4-22(29(26)34)23-9-11-40-32(30(23)35)20-12-25(36)24(27(13-20)46-2)17-39-16-21-6-7-28(45)42-21/h3-5,8-13,18,21,38-39,44H,6-7,14-17H2,1-2H3,(H,41,43)(H,42,45)/t18-,21+/m1/s1. The number of aliphatic hydroxyl groups excluding tert-OH is 1. The Labute approximate surface area is 275 Å². The highest BCUT2D eigenvalue weighted by molar-refractivity contribution is 6.39. The van der Waals surface area contributed by atoms with Crippen LogP contribution in [0.15, 0.2) is 54.9 Å². The molecule has 1 saturated heterocycles. The van der Waals surface area contributed by atoms with E-state index in [1.807, 2.05) is 0 Å². The Bertz CT molecular complexity index is 1730. The van der Waals surface area contributed by atoms with E-state index >= 15 is 8.78 Å². The van der Waals surface area contributed by atoms with Crippen molar-refractivity contribution in [3.63, 3.8) is 0 Å². The highest BCUT2D eigenvalue weighted by atomic mass is 35.5. The third-order valence-corrected chi connectivity index (χ3v) is 8.37. The van der Waals surface area contributed by atoms with E-state index in [0.717, 1.165) is 6.42 Å². The number of ether oxygens (including phenoxy) is 1. The fourth-order valence-electron chi connectivity index (χ4n) is 5.24. The molecule has 4 aromatic rings. The predicted octanol–water partition coefficient (Wildman–Crippen LogP) is 5.99. The van der Waals surface area contributed by atoms with Crippen molar-refractivity contribution in [2.75, 3.05) is 25.5 Å². The minimum absolute atomic E-state index is 0.0104. The highest BCUT2D eigenvalue weighted by Crippen LogP contribution is 2.42. The maximum absolute atomic E-state index is 15.4. The number of hydrogen-bond acceptors (Lipinski definition) is 8. The quantitative estimate of drug-likeness (QED) is 0.118. The predicted molar refractivity (Wildman–Crippen MR) is 175 cm³/mol. The van der Waals surface area contributed by atoms with Gasteiger partial charge < -0.3 is 31.1 Å². The molecule has 46 heavy (non-hydrogen) atoms. The molecule has 1 aliphatic rings. The molecule has 5 rings (SSSR count). The average molecular weight is 672 g/mol. The van der Waals surface area contributed by atoms with Crippen molar-refractivity contribution >= 4 is 40.6 Å². The summed E-state index contributed by atoms with van der Waals surface area (Å²) in [5, 5.41) is 22.0. The maximum atomic E-state index is 15.4. The SMILES string of the molecule is COc1cc(-c2nccc(-c3cccc(Nc4nccc(CNC[C@@H](C)O)c4F)c3Cl)c2Cl)cc(F)c1CNC[C@@H]1CCC(=O)N1. The van der Waals surface area contributed by atoms with Crippen molar-refractivity contribution in [1.29, 1.82) is 0 Å². The first-order valence-corrected chi connectivity index (χ1v) is 15.5. The Balaban J connectivity index is 1.38. The van der Waals surface area contributed by atoms with Gasteiger partial charge >= 0.3 is 0 Å². The van der Waals surface area contributed by atoms with Crippen LogP contribution in [0.25, 0.3) is 22.4 Å². The van der Waals surface area contributed by atoms with Crippen molar-refractivity contribution in [2.24, 2.45) is 0 Å². The number of nitrogens with one attached hydrogen (secondary N) is 4. The second-order valence-corrected chi connectivity index (χ2v) is 11.8. The normalized spacial score (nSPS) is 15.1. The molecule has 1 amide bonds. The van der Waals surface area contributed by atoms with Gasteiger partial charge in [0.25, 0.3) is 0 Å². The summed E-state index contributed by atoms with van der Waals surface area (Å²) < 4.78 is 36.2. The van der Waals surface area contributed by atoms with Gasteiger partial charge in [-0.3, -0.25) is 9.78 Å². The molecular weight excluding hydrogens is 637 g/mol. The smallest absolute Gasteiger partial charge is 0.220 e. The fraction of sp³-hybridized carbons (Fsp3) is 0.303. The topological polar surface area (TPSA) is 120 Å². The summed E-state index contributed by atoms with van der Waals surface area (Å²) in [4.78, 5) is 20.0. The Morgan fingerprint density at radius 3 is 2.59 bits per heavy atom. The fourth-order valence-corrected chi connectivity index (χ4v) is 5.84. The second-order valence-electron chi connectivity index (χ2n) is 11.0. The molecule has 13 heteroatoms. The molecular formula is C33H34Cl2F2N6O3. The van der Waals surface area contributed by atoms with Crippen LogP contribution in [0.2, 0.25) is 10.0 Å². The molecule has 2 aromatic carbocycles. The number of methoxy groups -OCH3 is 1. The second kappa shape index (κ2) is 15.1. The molecule has 2 atom stereocenters. The zero-order valence-corrected chi connectivity index (χ0v) is 26.8.